The standard InChI is InChI=1S/C21H22N4O2/c26-19(11-15-10-13-4-5-14(15)9-13)25-8-6-16-18(12-25)23-20(24-21(16)27)17-3-1-2-7-22-17/h1-5,7,13-15H,6,8-12H2,(H,23,24,27)/t13-,14+,15+/m1/s1. The summed E-state index contributed by atoms with van der Waals surface area (Å²) in [6, 6.07) is 5.51. The Labute approximate surface area is 157 Å². The zero-order chi connectivity index (χ0) is 18.4. The first-order valence-corrected chi connectivity index (χ1v) is 9.67. The molecule has 0 saturated heterocycles. The molecule has 1 N–H and O–H groups in total. The van der Waals surface area contributed by atoms with Crippen LogP contribution < -0.4 is 5.56 Å². The first-order valence-electron chi connectivity index (χ1n) is 9.67. The van der Waals surface area contributed by atoms with E-state index in [0.29, 0.717) is 66.5 Å². The molecule has 6 heteroatoms. The lowest BCUT2D eigenvalue weighted by Gasteiger charge is -2.29. The van der Waals surface area contributed by atoms with Crippen LogP contribution in [0.1, 0.15) is 30.5 Å². The Hall–Kier alpha value is -2.76. The maximum atomic E-state index is 12.9. The van der Waals surface area contributed by atoms with Gasteiger partial charge in [0.05, 0.1) is 12.2 Å². The summed E-state index contributed by atoms with van der Waals surface area (Å²) in [5.41, 5.74) is 1.91. The average molecular weight is 362 g/mol. The molecule has 138 valence electrons. The maximum Gasteiger partial charge on any atom is 0.254 e. The number of amides is 1. The lowest BCUT2D eigenvalue weighted by atomic mass is 9.90. The molecule has 2 bridgehead atoms. The molecule has 2 aromatic heterocycles. The van der Waals surface area contributed by atoms with Crippen molar-refractivity contribution in [1.29, 1.82) is 0 Å². The zero-order valence-corrected chi connectivity index (χ0v) is 15.1. The van der Waals surface area contributed by atoms with Crippen LogP contribution in [0.3, 0.4) is 0 Å². The predicted molar refractivity (Wildman–Crippen MR) is 101 cm³/mol. The molecule has 1 fully saturated rings. The largest absolute Gasteiger partial charge is 0.336 e. The fraction of sp³-hybridized carbons (Fsp3) is 0.429. The highest BCUT2D eigenvalue weighted by molar-refractivity contribution is 5.77. The summed E-state index contributed by atoms with van der Waals surface area (Å²) in [6.45, 7) is 1.00. The van der Waals surface area contributed by atoms with E-state index < -0.39 is 0 Å². The third kappa shape index (κ3) is 2.99. The highest BCUT2D eigenvalue weighted by Crippen LogP contribution is 2.45. The van der Waals surface area contributed by atoms with Crippen LogP contribution in [0.4, 0.5) is 0 Å². The van der Waals surface area contributed by atoms with Gasteiger partial charge in [0.25, 0.3) is 5.56 Å². The molecule has 1 aliphatic heterocycles. The normalized spacial score (nSPS) is 25.6. The molecule has 2 aromatic rings. The van der Waals surface area contributed by atoms with E-state index in [1.54, 1.807) is 6.20 Å². The highest BCUT2D eigenvalue weighted by Gasteiger charge is 2.37. The molecule has 0 aromatic carbocycles. The molecule has 3 aliphatic rings. The van der Waals surface area contributed by atoms with Crippen molar-refractivity contribution in [3.05, 3.63) is 58.2 Å². The summed E-state index contributed by atoms with van der Waals surface area (Å²) in [5.74, 6) is 2.38. The van der Waals surface area contributed by atoms with E-state index in [0.717, 1.165) is 6.42 Å². The number of H-pyrrole nitrogens is 1. The van der Waals surface area contributed by atoms with Crippen molar-refractivity contribution in [2.45, 2.75) is 32.2 Å². The van der Waals surface area contributed by atoms with Crippen LogP contribution in [-0.4, -0.2) is 32.3 Å². The Morgan fingerprint density at radius 1 is 1.26 bits per heavy atom. The lowest BCUT2D eigenvalue weighted by molar-refractivity contribution is -0.133. The number of pyridine rings is 1. The number of rotatable bonds is 3. The van der Waals surface area contributed by atoms with Crippen molar-refractivity contribution in [3.63, 3.8) is 0 Å². The second kappa shape index (κ2) is 6.44. The second-order valence-corrected chi connectivity index (χ2v) is 7.86. The van der Waals surface area contributed by atoms with Crippen LogP contribution >= 0.6 is 0 Å². The fourth-order valence-corrected chi connectivity index (χ4v) is 4.76. The molecule has 3 atom stereocenters. The van der Waals surface area contributed by atoms with Gasteiger partial charge in [0.2, 0.25) is 5.91 Å². The second-order valence-electron chi connectivity index (χ2n) is 7.86. The molecule has 3 heterocycles. The molecule has 0 unspecified atom stereocenters. The number of aromatic nitrogens is 3. The van der Waals surface area contributed by atoms with Gasteiger partial charge < -0.3 is 9.88 Å². The van der Waals surface area contributed by atoms with E-state index in [-0.39, 0.29) is 11.5 Å². The Bertz CT molecular complexity index is 966. The smallest absolute Gasteiger partial charge is 0.254 e. The summed E-state index contributed by atoms with van der Waals surface area (Å²) >= 11 is 0. The third-order valence-corrected chi connectivity index (χ3v) is 6.19. The minimum absolute atomic E-state index is 0.119. The van der Waals surface area contributed by atoms with Gasteiger partial charge in [-0.2, -0.15) is 0 Å². The molecule has 0 spiro atoms. The van der Waals surface area contributed by atoms with E-state index >= 15 is 0 Å². The number of hydrogen-bond donors (Lipinski definition) is 1. The lowest BCUT2D eigenvalue weighted by Crippen LogP contribution is -2.40. The van der Waals surface area contributed by atoms with E-state index in [1.165, 1.54) is 6.42 Å². The van der Waals surface area contributed by atoms with Gasteiger partial charge >= 0.3 is 0 Å². The number of fused-ring (bicyclic) bond motifs is 3. The first-order chi connectivity index (χ1) is 13.2. The van der Waals surface area contributed by atoms with Crippen LogP contribution in [0.25, 0.3) is 11.5 Å². The maximum absolute atomic E-state index is 12.9. The van der Waals surface area contributed by atoms with Gasteiger partial charge in [-0.15, -0.1) is 0 Å². The molecular weight excluding hydrogens is 340 g/mol. The van der Waals surface area contributed by atoms with Gasteiger partial charge in [0.1, 0.15) is 5.69 Å². The SMILES string of the molecule is O=C(C[C@@H]1C[C@@H]2C=C[C@H]1C2)N1CCc2c(nc(-c3ccccn3)[nH]c2=O)C1. The Morgan fingerprint density at radius 2 is 2.19 bits per heavy atom. The van der Waals surface area contributed by atoms with Crippen molar-refractivity contribution >= 4 is 5.91 Å². The van der Waals surface area contributed by atoms with E-state index in [4.69, 9.17) is 0 Å². The number of nitrogens with zero attached hydrogens (tertiary/aromatic N) is 3. The van der Waals surface area contributed by atoms with E-state index in [9.17, 15) is 9.59 Å². The number of nitrogens with one attached hydrogen (secondary N) is 1. The number of hydrogen-bond acceptors (Lipinski definition) is 4. The minimum Gasteiger partial charge on any atom is -0.336 e. The molecule has 1 amide bonds. The Morgan fingerprint density at radius 3 is 2.93 bits per heavy atom. The van der Waals surface area contributed by atoms with Crippen LogP contribution in [0, 0.1) is 17.8 Å². The molecule has 6 nitrogen and oxygen atoms in total. The van der Waals surface area contributed by atoms with Crippen molar-refractivity contribution in [2.75, 3.05) is 6.54 Å². The van der Waals surface area contributed by atoms with Crippen LogP contribution in [0.5, 0.6) is 0 Å². The van der Waals surface area contributed by atoms with Gasteiger partial charge in [-0.1, -0.05) is 18.2 Å². The number of aromatic amines is 1. The molecule has 0 radical (unpaired) electrons. The van der Waals surface area contributed by atoms with E-state index in [2.05, 4.69) is 27.1 Å². The van der Waals surface area contributed by atoms with Crippen molar-refractivity contribution in [3.8, 4) is 11.5 Å². The Balaban J connectivity index is 1.35. The van der Waals surface area contributed by atoms with Crippen LogP contribution in [0.15, 0.2) is 41.3 Å². The highest BCUT2D eigenvalue weighted by atomic mass is 16.2. The summed E-state index contributed by atoms with van der Waals surface area (Å²) in [5, 5.41) is 0. The van der Waals surface area contributed by atoms with Crippen molar-refractivity contribution in [2.24, 2.45) is 17.8 Å². The fourth-order valence-electron chi connectivity index (χ4n) is 4.76. The van der Waals surface area contributed by atoms with Gasteiger partial charge in [-0.3, -0.25) is 14.6 Å². The van der Waals surface area contributed by atoms with Crippen molar-refractivity contribution < 1.29 is 4.79 Å². The van der Waals surface area contributed by atoms with E-state index in [1.807, 2.05) is 23.1 Å². The summed E-state index contributed by atoms with van der Waals surface area (Å²) in [6.07, 6.45) is 9.79. The van der Waals surface area contributed by atoms with Gasteiger partial charge in [0.15, 0.2) is 5.82 Å². The van der Waals surface area contributed by atoms with Gasteiger partial charge in [-0.05, 0) is 49.1 Å². The summed E-state index contributed by atoms with van der Waals surface area (Å²) < 4.78 is 0. The molecule has 5 rings (SSSR count). The molecule has 2 aliphatic carbocycles. The molecule has 27 heavy (non-hydrogen) atoms. The first kappa shape index (κ1) is 16.4. The van der Waals surface area contributed by atoms with Crippen molar-refractivity contribution in [1.82, 2.24) is 19.9 Å². The molecule has 1 saturated carbocycles. The predicted octanol–water partition coefficient (Wildman–Crippen LogP) is 2.32. The summed E-state index contributed by atoms with van der Waals surface area (Å²) in [7, 11) is 0. The van der Waals surface area contributed by atoms with Crippen LogP contribution in [-0.2, 0) is 17.8 Å². The van der Waals surface area contributed by atoms with Gasteiger partial charge in [-0.25, -0.2) is 4.98 Å². The monoisotopic (exact) mass is 362 g/mol. The molecular formula is C21H22N4O2. The average Bonchev–Trinajstić information content (AvgIpc) is 3.31. The van der Waals surface area contributed by atoms with Crippen LogP contribution in [0.2, 0.25) is 0 Å². The number of allylic oxidation sites excluding steroid dienone is 2. The number of carbonyl (C=O) groups excluding carboxylic acids is 1. The number of carbonyl (C=O) groups is 1. The Kier molecular flexibility index (Phi) is 3.92. The quantitative estimate of drug-likeness (QED) is 0.850. The topological polar surface area (TPSA) is 79.0 Å². The van der Waals surface area contributed by atoms with Gasteiger partial charge in [0, 0.05) is 24.7 Å². The summed E-state index contributed by atoms with van der Waals surface area (Å²) in [4.78, 5) is 38.9. The third-order valence-electron chi connectivity index (χ3n) is 6.19. The minimum atomic E-state index is -0.119. The zero-order valence-electron chi connectivity index (χ0n) is 15.1.